The predicted octanol–water partition coefficient (Wildman–Crippen LogP) is 2.94. The van der Waals surface area contributed by atoms with Crippen LogP contribution in [0, 0.1) is 11.8 Å². The number of hydrogen-bond acceptors (Lipinski definition) is 3. The summed E-state index contributed by atoms with van der Waals surface area (Å²) in [6.07, 6.45) is 11.0. The fourth-order valence-corrected chi connectivity index (χ4v) is 3.95. The second-order valence-corrected chi connectivity index (χ2v) is 7.61. The Labute approximate surface area is 159 Å². The van der Waals surface area contributed by atoms with Crippen molar-refractivity contribution in [3.8, 4) is 0 Å². The van der Waals surface area contributed by atoms with Crippen molar-refractivity contribution in [1.29, 1.82) is 0 Å². The summed E-state index contributed by atoms with van der Waals surface area (Å²) in [7, 11) is 0. The standard InChI is InChI=1S/C18H33N3O.2ClH/c22-18(14-19-13-16-7-8-16)21-10-4-9-20(11-12-21)15-17-5-2-1-3-6-17;;/h16-17,19H,1-15H2;2*1H. The van der Waals surface area contributed by atoms with Crippen LogP contribution in [0.3, 0.4) is 0 Å². The van der Waals surface area contributed by atoms with Gasteiger partial charge in [-0.1, -0.05) is 19.3 Å². The van der Waals surface area contributed by atoms with Crippen LogP contribution in [0.2, 0.25) is 0 Å². The van der Waals surface area contributed by atoms with E-state index in [0.29, 0.717) is 12.5 Å². The molecule has 1 N–H and O–H groups in total. The summed E-state index contributed by atoms with van der Waals surface area (Å²) >= 11 is 0. The van der Waals surface area contributed by atoms with Gasteiger partial charge in [-0.2, -0.15) is 0 Å². The van der Waals surface area contributed by atoms with Crippen LogP contribution in [0.5, 0.6) is 0 Å². The number of amides is 1. The first kappa shape index (κ1) is 22.0. The second kappa shape index (κ2) is 11.6. The third-order valence-electron chi connectivity index (χ3n) is 5.59. The smallest absolute Gasteiger partial charge is 0.236 e. The van der Waals surface area contributed by atoms with Gasteiger partial charge in [0.1, 0.15) is 0 Å². The van der Waals surface area contributed by atoms with E-state index in [1.807, 2.05) is 0 Å². The molecule has 0 aromatic heterocycles. The number of nitrogens with one attached hydrogen (secondary N) is 1. The van der Waals surface area contributed by atoms with Crippen LogP contribution >= 0.6 is 24.8 Å². The first-order valence-corrected chi connectivity index (χ1v) is 9.52. The predicted molar refractivity (Wildman–Crippen MR) is 104 cm³/mol. The molecule has 0 unspecified atom stereocenters. The molecule has 1 amide bonds. The van der Waals surface area contributed by atoms with Gasteiger partial charge in [-0.05, 0) is 57.0 Å². The highest BCUT2D eigenvalue weighted by molar-refractivity contribution is 5.85. The zero-order valence-corrected chi connectivity index (χ0v) is 16.5. The molecule has 0 radical (unpaired) electrons. The highest BCUT2D eigenvalue weighted by Crippen LogP contribution is 2.27. The van der Waals surface area contributed by atoms with Crippen LogP contribution in [0.25, 0.3) is 0 Å². The van der Waals surface area contributed by atoms with Gasteiger partial charge in [0.05, 0.1) is 6.54 Å². The van der Waals surface area contributed by atoms with E-state index in [4.69, 9.17) is 0 Å². The van der Waals surface area contributed by atoms with E-state index in [9.17, 15) is 4.79 Å². The molecule has 2 saturated carbocycles. The lowest BCUT2D eigenvalue weighted by molar-refractivity contribution is -0.130. The average Bonchev–Trinajstić information content (AvgIpc) is 3.36. The minimum Gasteiger partial charge on any atom is -0.340 e. The second-order valence-electron chi connectivity index (χ2n) is 7.61. The van der Waals surface area contributed by atoms with E-state index in [-0.39, 0.29) is 24.8 Å². The van der Waals surface area contributed by atoms with E-state index < -0.39 is 0 Å². The molecule has 3 aliphatic rings. The Morgan fingerprint density at radius 3 is 2.29 bits per heavy atom. The molecule has 142 valence electrons. The first-order chi connectivity index (χ1) is 10.8. The summed E-state index contributed by atoms with van der Waals surface area (Å²) in [5.41, 5.74) is 0. The summed E-state index contributed by atoms with van der Waals surface area (Å²) in [6.45, 7) is 6.97. The van der Waals surface area contributed by atoms with Crippen molar-refractivity contribution in [3.05, 3.63) is 0 Å². The summed E-state index contributed by atoms with van der Waals surface area (Å²) in [6, 6.07) is 0. The number of carbonyl (C=O) groups is 1. The minimum absolute atomic E-state index is 0. The molecule has 0 aromatic rings. The van der Waals surface area contributed by atoms with Crippen LogP contribution in [-0.4, -0.2) is 61.5 Å². The Balaban J connectivity index is 0.00000144. The van der Waals surface area contributed by atoms with E-state index in [1.54, 1.807) is 0 Å². The van der Waals surface area contributed by atoms with Crippen LogP contribution in [0.4, 0.5) is 0 Å². The fourth-order valence-electron chi connectivity index (χ4n) is 3.95. The zero-order valence-electron chi connectivity index (χ0n) is 14.9. The van der Waals surface area contributed by atoms with Crippen molar-refractivity contribution >= 4 is 30.7 Å². The number of nitrogens with zero attached hydrogens (tertiary/aromatic N) is 2. The van der Waals surface area contributed by atoms with Gasteiger partial charge in [0.25, 0.3) is 0 Å². The van der Waals surface area contributed by atoms with E-state index >= 15 is 0 Å². The Morgan fingerprint density at radius 2 is 1.58 bits per heavy atom. The molecule has 3 rings (SSSR count). The van der Waals surface area contributed by atoms with Crippen LogP contribution < -0.4 is 5.32 Å². The van der Waals surface area contributed by atoms with Gasteiger partial charge in [0, 0.05) is 26.2 Å². The summed E-state index contributed by atoms with van der Waals surface area (Å²) in [5.74, 6) is 2.07. The van der Waals surface area contributed by atoms with Crippen molar-refractivity contribution in [3.63, 3.8) is 0 Å². The maximum absolute atomic E-state index is 12.3. The average molecular weight is 380 g/mol. The van der Waals surface area contributed by atoms with Crippen LogP contribution in [0.1, 0.15) is 51.4 Å². The lowest BCUT2D eigenvalue weighted by Gasteiger charge is -2.28. The van der Waals surface area contributed by atoms with Gasteiger partial charge in [-0.15, -0.1) is 24.8 Å². The Morgan fingerprint density at radius 1 is 0.833 bits per heavy atom. The number of rotatable bonds is 6. The Kier molecular flexibility index (Phi) is 10.6. The number of hydrogen-bond donors (Lipinski definition) is 1. The highest BCUT2D eigenvalue weighted by atomic mass is 35.5. The first-order valence-electron chi connectivity index (χ1n) is 9.52. The maximum Gasteiger partial charge on any atom is 0.236 e. The highest BCUT2D eigenvalue weighted by Gasteiger charge is 2.23. The van der Waals surface area contributed by atoms with Gasteiger partial charge in [0.15, 0.2) is 0 Å². The maximum atomic E-state index is 12.3. The van der Waals surface area contributed by atoms with Crippen molar-refractivity contribution in [1.82, 2.24) is 15.1 Å². The topological polar surface area (TPSA) is 35.6 Å². The SMILES string of the molecule is Cl.Cl.O=C(CNCC1CC1)N1CCCN(CC2CCCCC2)CC1. The van der Waals surface area contributed by atoms with Gasteiger partial charge in [-0.3, -0.25) is 4.79 Å². The molecule has 24 heavy (non-hydrogen) atoms. The lowest BCUT2D eigenvalue weighted by atomic mass is 9.89. The third-order valence-corrected chi connectivity index (χ3v) is 5.59. The van der Waals surface area contributed by atoms with Gasteiger partial charge < -0.3 is 15.1 Å². The monoisotopic (exact) mass is 379 g/mol. The van der Waals surface area contributed by atoms with Crippen LogP contribution in [0.15, 0.2) is 0 Å². The fraction of sp³-hybridized carbons (Fsp3) is 0.944. The molecule has 6 heteroatoms. The molecule has 3 fully saturated rings. The van der Waals surface area contributed by atoms with E-state index in [2.05, 4.69) is 15.1 Å². The van der Waals surface area contributed by atoms with Gasteiger partial charge in [0.2, 0.25) is 5.91 Å². The molecule has 1 heterocycles. The van der Waals surface area contributed by atoms with Crippen LogP contribution in [-0.2, 0) is 4.79 Å². The number of halogens is 2. The van der Waals surface area contributed by atoms with Gasteiger partial charge in [-0.25, -0.2) is 0 Å². The van der Waals surface area contributed by atoms with Crippen molar-refractivity contribution in [2.75, 3.05) is 45.8 Å². The molecule has 0 bridgehead atoms. The zero-order chi connectivity index (χ0) is 15.2. The lowest BCUT2D eigenvalue weighted by Crippen LogP contribution is -2.41. The third kappa shape index (κ3) is 7.47. The summed E-state index contributed by atoms with van der Waals surface area (Å²) < 4.78 is 0. The van der Waals surface area contributed by atoms with Crippen molar-refractivity contribution in [2.24, 2.45) is 11.8 Å². The molecule has 0 atom stereocenters. The molecule has 0 aromatic carbocycles. The van der Waals surface area contributed by atoms with Gasteiger partial charge >= 0.3 is 0 Å². The molecule has 4 nitrogen and oxygen atoms in total. The summed E-state index contributed by atoms with van der Waals surface area (Å²) in [5, 5.41) is 3.34. The Hall–Kier alpha value is -0.0300. The molecule has 2 aliphatic carbocycles. The normalized spacial score (nSPS) is 23.1. The molecular weight excluding hydrogens is 345 g/mol. The minimum atomic E-state index is 0. The molecular formula is C18H35Cl2N3O. The molecule has 0 spiro atoms. The van der Waals surface area contributed by atoms with Crippen molar-refractivity contribution < 1.29 is 4.79 Å². The van der Waals surface area contributed by atoms with Crippen molar-refractivity contribution in [2.45, 2.75) is 51.4 Å². The quantitative estimate of drug-likeness (QED) is 0.770. The molecule has 1 aliphatic heterocycles. The van der Waals surface area contributed by atoms with E-state index in [1.165, 1.54) is 58.0 Å². The van der Waals surface area contributed by atoms with E-state index in [0.717, 1.165) is 44.4 Å². The number of carbonyl (C=O) groups excluding carboxylic acids is 1. The Bertz CT molecular complexity index is 360. The molecule has 1 saturated heterocycles. The largest absolute Gasteiger partial charge is 0.340 e. The summed E-state index contributed by atoms with van der Waals surface area (Å²) in [4.78, 5) is 17.0.